The van der Waals surface area contributed by atoms with Crippen molar-refractivity contribution >= 4 is 11.9 Å². The summed E-state index contributed by atoms with van der Waals surface area (Å²) in [5.41, 5.74) is 0.882. The van der Waals surface area contributed by atoms with Crippen molar-refractivity contribution in [3.8, 4) is 11.5 Å². The second-order valence-electron chi connectivity index (χ2n) is 6.21. The van der Waals surface area contributed by atoms with Crippen molar-refractivity contribution in [3.63, 3.8) is 0 Å². The first kappa shape index (κ1) is 15.6. The smallest absolute Gasteiger partial charge is 0.306 e. The zero-order valence-electron chi connectivity index (χ0n) is 13.2. The standard InChI is InChI=1S/C17H21NO5/c1-11-10-18(5-4-13(11)17(20)21)16(19)9-12-2-3-14-15(8-12)23-7-6-22-14/h2-3,8,11,13H,4-7,9-10H2,1H3,(H,20,21). The summed E-state index contributed by atoms with van der Waals surface area (Å²) in [5.74, 6) is 0.274. The van der Waals surface area contributed by atoms with Crippen LogP contribution < -0.4 is 9.47 Å². The van der Waals surface area contributed by atoms with E-state index < -0.39 is 5.97 Å². The Morgan fingerprint density at radius 3 is 2.70 bits per heavy atom. The van der Waals surface area contributed by atoms with Gasteiger partial charge in [-0.25, -0.2) is 0 Å². The number of amides is 1. The molecule has 2 atom stereocenters. The number of aliphatic carboxylic acids is 1. The van der Waals surface area contributed by atoms with Crippen LogP contribution in [0.3, 0.4) is 0 Å². The van der Waals surface area contributed by atoms with E-state index in [1.165, 1.54) is 0 Å². The fourth-order valence-corrected chi connectivity index (χ4v) is 3.22. The molecule has 23 heavy (non-hydrogen) atoms. The van der Waals surface area contributed by atoms with Gasteiger partial charge in [0, 0.05) is 13.1 Å². The van der Waals surface area contributed by atoms with E-state index in [1.807, 2.05) is 25.1 Å². The number of rotatable bonds is 3. The summed E-state index contributed by atoms with van der Waals surface area (Å²) < 4.78 is 11.0. The Bertz CT molecular complexity index is 615. The Morgan fingerprint density at radius 2 is 2.00 bits per heavy atom. The molecule has 0 aliphatic carbocycles. The molecule has 0 radical (unpaired) electrons. The number of carbonyl (C=O) groups is 2. The Morgan fingerprint density at radius 1 is 1.26 bits per heavy atom. The highest BCUT2D eigenvalue weighted by atomic mass is 16.6. The second kappa shape index (κ2) is 6.48. The van der Waals surface area contributed by atoms with E-state index in [1.54, 1.807) is 4.90 Å². The minimum Gasteiger partial charge on any atom is -0.486 e. The van der Waals surface area contributed by atoms with Crippen molar-refractivity contribution in [3.05, 3.63) is 23.8 Å². The first-order valence-corrected chi connectivity index (χ1v) is 7.93. The van der Waals surface area contributed by atoms with E-state index in [-0.39, 0.29) is 17.7 Å². The fraction of sp³-hybridized carbons (Fsp3) is 0.529. The molecule has 124 valence electrons. The molecule has 1 amide bonds. The number of carbonyl (C=O) groups excluding carboxylic acids is 1. The number of likely N-dealkylation sites (tertiary alicyclic amines) is 1. The Hall–Kier alpha value is -2.24. The molecule has 0 saturated carbocycles. The summed E-state index contributed by atoms with van der Waals surface area (Å²) in [6.07, 6.45) is 0.810. The molecule has 2 unspecified atom stereocenters. The minimum atomic E-state index is -0.767. The molecule has 1 fully saturated rings. The van der Waals surface area contributed by atoms with Gasteiger partial charge in [-0.05, 0) is 30.0 Å². The fourth-order valence-electron chi connectivity index (χ4n) is 3.22. The lowest BCUT2D eigenvalue weighted by Gasteiger charge is -2.35. The van der Waals surface area contributed by atoms with Crippen molar-refractivity contribution in [2.24, 2.45) is 11.8 Å². The van der Waals surface area contributed by atoms with Crippen LogP contribution in [0.1, 0.15) is 18.9 Å². The Balaban J connectivity index is 1.62. The number of ether oxygens (including phenoxy) is 2. The van der Waals surface area contributed by atoms with Crippen LogP contribution in [0.2, 0.25) is 0 Å². The summed E-state index contributed by atoms with van der Waals surface area (Å²) >= 11 is 0. The third-order valence-corrected chi connectivity index (χ3v) is 4.54. The first-order chi connectivity index (χ1) is 11.0. The SMILES string of the molecule is CC1CN(C(=O)Cc2ccc3c(c2)OCCO3)CCC1C(=O)O. The van der Waals surface area contributed by atoms with Crippen LogP contribution >= 0.6 is 0 Å². The van der Waals surface area contributed by atoms with Crippen molar-refractivity contribution < 1.29 is 24.2 Å². The van der Waals surface area contributed by atoms with Gasteiger partial charge in [0.2, 0.25) is 5.91 Å². The predicted octanol–water partition coefficient (Wildman–Crippen LogP) is 1.57. The third kappa shape index (κ3) is 3.41. The summed E-state index contributed by atoms with van der Waals surface area (Å²) in [6, 6.07) is 5.55. The molecule has 2 aliphatic rings. The van der Waals surface area contributed by atoms with Gasteiger partial charge in [-0.3, -0.25) is 9.59 Å². The number of carboxylic acids is 1. The van der Waals surface area contributed by atoms with E-state index in [4.69, 9.17) is 14.6 Å². The van der Waals surface area contributed by atoms with Crippen LogP contribution in [0.25, 0.3) is 0 Å². The quantitative estimate of drug-likeness (QED) is 0.915. The predicted molar refractivity (Wildman–Crippen MR) is 82.6 cm³/mol. The molecule has 0 spiro atoms. The van der Waals surface area contributed by atoms with Crippen molar-refractivity contribution in [2.75, 3.05) is 26.3 Å². The van der Waals surface area contributed by atoms with Crippen LogP contribution in [0.4, 0.5) is 0 Å². The molecular weight excluding hydrogens is 298 g/mol. The molecule has 0 aromatic heterocycles. The lowest BCUT2D eigenvalue weighted by Crippen LogP contribution is -2.45. The number of fused-ring (bicyclic) bond motifs is 1. The van der Waals surface area contributed by atoms with E-state index in [0.29, 0.717) is 50.6 Å². The molecule has 1 aromatic rings. The molecule has 6 heteroatoms. The maximum Gasteiger partial charge on any atom is 0.306 e. The molecule has 1 N–H and O–H groups in total. The van der Waals surface area contributed by atoms with Gasteiger partial charge in [-0.2, -0.15) is 0 Å². The highest BCUT2D eigenvalue weighted by Gasteiger charge is 2.32. The van der Waals surface area contributed by atoms with Gasteiger partial charge in [0.05, 0.1) is 12.3 Å². The van der Waals surface area contributed by atoms with E-state index in [9.17, 15) is 9.59 Å². The maximum atomic E-state index is 12.5. The van der Waals surface area contributed by atoms with Gasteiger partial charge in [0.1, 0.15) is 13.2 Å². The summed E-state index contributed by atoms with van der Waals surface area (Å²) in [4.78, 5) is 25.4. The van der Waals surface area contributed by atoms with Crippen LogP contribution in [-0.4, -0.2) is 48.2 Å². The zero-order valence-corrected chi connectivity index (χ0v) is 13.2. The third-order valence-electron chi connectivity index (χ3n) is 4.54. The van der Waals surface area contributed by atoms with Crippen LogP contribution in [0, 0.1) is 11.8 Å². The summed E-state index contributed by atoms with van der Waals surface area (Å²) in [6.45, 7) is 3.96. The highest BCUT2D eigenvalue weighted by molar-refractivity contribution is 5.79. The highest BCUT2D eigenvalue weighted by Crippen LogP contribution is 2.31. The van der Waals surface area contributed by atoms with Gasteiger partial charge < -0.3 is 19.5 Å². The van der Waals surface area contributed by atoms with Gasteiger partial charge >= 0.3 is 5.97 Å². The molecule has 2 heterocycles. The summed E-state index contributed by atoms with van der Waals surface area (Å²) in [5, 5.41) is 9.15. The van der Waals surface area contributed by atoms with E-state index in [0.717, 1.165) is 5.56 Å². The van der Waals surface area contributed by atoms with Crippen molar-refractivity contribution in [1.82, 2.24) is 4.90 Å². The summed E-state index contributed by atoms with van der Waals surface area (Å²) in [7, 11) is 0. The number of nitrogens with zero attached hydrogens (tertiary/aromatic N) is 1. The Kier molecular flexibility index (Phi) is 4.41. The van der Waals surface area contributed by atoms with Crippen LogP contribution in [-0.2, 0) is 16.0 Å². The number of benzene rings is 1. The average Bonchev–Trinajstić information content (AvgIpc) is 2.54. The second-order valence-corrected chi connectivity index (χ2v) is 6.21. The van der Waals surface area contributed by atoms with Gasteiger partial charge in [-0.1, -0.05) is 13.0 Å². The molecule has 6 nitrogen and oxygen atoms in total. The van der Waals surface area contributed by atoms with Crippen LogP contribution in [0.15, 0.2) is 18.2 Å². The molecular formula is C17H21NO5. The molecule has 1 saturated heterocycles. The normalized spacial score (nSPS) is 23.4. The van der Waals surface area contributed by atoms with E-state index >= 15 is 0 Å². The maximum absolute atomic E-state index is 12.5. The minimum absolute atomic E-state index is 0.0227. The number of hydrogen-bond acceptors (Lipinski definition) is 4. The zero-order chi connectivity index (χ0) is 16.4. The topological polar surface area (TPSA) is 76.1 Å². The Labute approximate surface area is 135 Å². The molecule has 1 aromatic carbocycles. The number of carboxylic acid groups (broad SMARTS) is 1. The van der Waals surface area contributed by atoms with Crippen LogP contribution in [0.5, 0.6) is 11.5 Å². The van der Waals surface area contributed by atoms with Gasteiger partial charge in [0.15, 0.2) is 11.5 Å². The average molecular weight is 319 g/mol. The van der Waals surface area contributed by atoms with Gasteiger partial charge in [0.25, 0.3) is 0 Å². The number of hydrogen-bond donors (Lipinski definition) is 1. The van der Waals surface area contributed by atoms with E-state index in [2.05, 4.69) is 0 Å². The lowest BCUT2D eigenvalue weighted by atomic mass is 9.87. The lowest BCUT2D eigenvalue weighted by molar-refractivity contribution is -0.148. The van der Waals surface area contributed by atoms with Crippen molar-refractivity contribution in [1.29, 1.82) is 0 Å². The molecule has 0 bridgehead atoms. The monoisotopic (exact) mass is 319 g/mol. The number of piperidine rings is 1. The van der Waals surface area contributed by atoms with Gasteiger partial charge in [-0.15, -0.1) is 0 Å². The van der Waals surface area contributed by atoms with Crippen molar-refractivity contribution in [2.45, 2.75) is 19.8 Å². The molecule has 2 aliphatic heterocycles. The molecule has 3 rings (SSSR count). The largest absolute Gasteiger partial charge is 0.486 e. The first-order valence-electron chi connectivity index (χ1n) is 7.93.